The second kappa shape index (κ2) is 8.06. The van der Waals surface area contributed by atoms with Gasteiger partial charge in [-0.1, -0.05) is 0 Å². The molecule has 0 aliphatic carbocycles. The molecule has 1 unspecified atom stereocenters. The second-order valence-electron chi connectivity index (χ2n) is 5.57. The van der Waals surface area contributed by atoms with Gasteiger partial charge in [-0.3, -0.25) is 4.43 Å². The molecule has 0 N–H and O–H groups in total. The number of alkyl halides is 22. The molecule has 0 aliphatic heterocycles. The van der Waals surface area contributed by atoms with Gasteiger partial charge >= 0.3 is 62.5 Å². The Morgan fingerprint density at radius 3 is 0.971 bits per heavy atom. The average molecular weight is 586 g/mol. The Labute approximate surface area is 169 Å². The summed E-state index contributed by atoms with van der Waals surface area (Å²) in [6.45, 7) is 0. The molecular weight excluding hydrogens is 586 g/mol. The monoisotopic (exact) mass is 586 g/mol. The molecule has 0 heterocycles. The summed E-state index contributed by atoms with van der Waals surface area (Å²) in [5, 5.41) is 0. The van der Waals surface area contributed by atoms with Crippen molar-refractivity contribution in [1.29, 1.82) is 0 Å². The highest BCUT2D eigenvalue weighted by Gasteiger charge is 2.94. The molecule has 0 fully saturated rings. The lowest BCUT2D eigenvalue weighted by Crippen LogP contribution is -2.78. The minimum Gasteiger partial charge on any atom is -0.320 e. The van der Waals surface area contributed by atoms with Crippen LogP contribution in [0.25, 0.3) is 0 Å². The Bertz CT molecular complexity index is 725. The first-order valence-electron chi connectivity index (χ1n) is 6.72. The van der Waals surface area contributed by atoms with Crippen molar-refractivity contribution in [2.24, 2.45) is 0 Å². The minimum absolute atomic E-state index is 1.15. The van der Waals surface area contributed by atoms with Crippen LogP contribution in [0.3, 0.4) is 0 Å². The van der Waals surface area contributed by atoms with E-state index in [1.54, 1.807) is 0 Å². The molecule has 34 heavy (non-hydrogen) atoms. The Morgan fingerprint density at radius 2 is 0.735 bits per heavy atom. The van der Waals surface area contributed by atoms with E-state index in [9.17, 15) is 96.6 Å². The molecule has 25 heteroatoms. The van der Waals surface area contributed by atoms with Crippen LogP contribution in [0.1, 0.15) is 0 Å². The van der Waals surface area contributed by atoms with Crippen LogP contribution in [0, 0.1) is 0 Å². The zero-order chi connectivity index (χ0) is 28.4. The minimum atomic E-state index is -10.6. The molecule has 0 amide bonds. The summed E-state index contributed by atoms with van der Waals surface area (Å²) in [6, 6.07) is 0. The molecule has 0 aliphatic rings. The smallest absolute Gasteiger partial charge is 0.320 e. The first-order valence-corrected chi connectivity index (χ1v) is 8.54. The number of hydrogen-bond acceptors (Lipinski definition) is 2. The fourth-order valence-corrected chi connectivity index (χ4v) is 3.67. The fourth-order valence-electron chi connectivity index (χ4n) is 1.59. The van der Waals surface area contributed by atoms with Crippen molar-refractivity contribution in [3.05, 3.63) is 0 Å². The summed E-state index contributed by atoms with van der Waals surface area (Å²) < 4.78 is 281. The number of rotatable bonds is 7. The van der Waals surface area contributed by atoms with Gasteiger partial charge in [-0.2, -0.15) is 83.4 Å². The van der Waals surface area contributed by atoms with Crippen molar-refractivity contribution in [3.63, 3.8) is 0 Å². The van der Waals surface area contributed by atoms with Crippen molar-refractivity contribution in [2.75, 3.05) is 0 Å². The first kappa shape index (κ1) is 32.6. The van der Waals surface area contributed by atoms with E-state index in [1.165, 1.54) is 4.43 Å². The lowest BCUT2D eigenvalue weighted by Gasteiger charge is -2.43. The third-order valence-corrected chi connectivity index (χ3v) is 6.10. The van der Waals surface area contributed by atoms with E-state index in [1.807, 2.05) is 0 Å². The van der Waals surface area contributed by atoms with Gasteiger partial charge in [0, 0.05) is 0 Å². The van der Waals surface area contributed by atoms with Crippen molar-refractivity contribution >= 4 is 8.56 Å². The molecule has 0 saturated carbocycles. The van der Waals surface area contributed by atoms with Crippen molar-refractivity contribution in [3.8, 4) is 0 Å². The van der Waals surface area contributed by atoms with Crippen LogP contribution < -0.4 is 0 Å². The normalized spacial score (nSPS) is 18.2. The largest absolute Gasteiger partial charge is 0.552 e. The van der Waals surface area contributed by atoms with Gasteiger partial charge < -0.3 is 4.43 Å². The summed E-state index contributed by atoms with van der Waals surface area (Å²) in [5.74, 6) is -34.3. The molecule has 0 radical (unpaired) electrons. The van der Waals surface area contributed by atoms with Gasteiger partial charge in [-0.15, -0.1) is 13.2 Å². The quantitative estimate of drug-likeness (QED) is 0.239. The molecule has 1 atom stereocenters. The van der Waals surface area contributed by atoms with E-state index in [-0.39, 0.29) is 0 Å². The molecule has 0 spiro atoms. The second-order valence-corrected chi connectivity index (χ2v) is 8.41. The van der Waals surface area contributed by atoms with Gasteiger partial charge in [0.15, 0.2) is 0 Å². The highest BCUT2D eigenvalue weighted by Crippen LogP contribution is 2.60. The van der Waals surface area contributed by atoms with E-state index >= 15 is 0 Å². The fraction of sp³-hybridized carbons (Fsp3) is 1.00. The van der Waals surface area contributed by atoms with Gasteiger partial charge in [-0.05, 0) is 0 Å². The topological polar surface area (TPSA) is 18.5 Å². The van der Waals surface area contributed by atoms with Crippen LogP contribution in [0.15, 0.2) is 0 Å². The highest BCUT2D eigenvalue weighted by molar-refractivity contribution is 6.72. The lowest BCUT2D eigenvalue weighted by molar-refractivity contribution is -0.453. The lowest BCUT2D eigenvalue weighted by atomic mass is 10.0. The predicted octanol–water partition coefficient (Wildman–Crippen LogP) is 6.88. The van der Waals surface area contributed by atoms with E-state index < -0.39 is 62.5 Å². The Kier molecular flexibility index (Phi) is 7.72. The van der Waals surface area contributed by atoms with Crippen LogP contribution >= 0.6 is 0 Å². The maximum Gasteiger partial charge on any atom is 0.552 e. The highest BCUT2D eigenvalue weighted by atomic mass is 28.4. The standard InChI is InChI=1S/C9F22O2Si/c10-1(11,2(12,13)4(16,17)18)3(14,15)6(22,23)32-34(9(29,30)31,33-8(26,27)28)7(24,25)5(19,20)21. The van der Waals surface area contributed by atoms with Crippen LogP contribution in [0.2, 0.25) is 0 Å². The first-order chi connectivity index (χ1) is 14.2. The Morgan fingerprint density at radius 1 is 0.382 bits per heavy atom. The summed E-state index contributed by atoms with van der Waals surface area (Å²) in [7, 11) is -10.6. The van der Waals surface area contributed by atoms with Crippen molar-refractivity contribution in [1.82, 2.24) is 0 Å². The van der Waals surface area contributed by atoms with Crippen molar-refractivity contribution in [2.45, 2.75) is 53.9 Å². The van der Waals surface area contributed by atoms with Gasteiger partial charge in [0.25, 0.3) is 0 Å². The van der Waals surface area contributed by atoms with Crippen molar-refractivity contribution < 1.29 is 105 Å². The summed E-state index contributed by atoms with van der Waals surface area (Å²) in [6.07, 6.45) is -32.4. The molecule has 0 bridgehead atoms. The molecule has 0 aromatic rings. The predicted molar refractivity (Wildman–Crippen MR) is 56.9 cm³/mol. The van der Waals surface area contributed by atoms with Gasteiger partial charge in [-0.25, -0.2) is 0 Å². The zero-order valence-corrected chi connectivity index (χ0v) is 15.1. The van der Waals surface area contributed by atoms with Crippen LogP contribution in [0.4, 0.5) is 96.6 Å². The molecule has 0 aromatic carbocycles. The van der Waals surface area contributed by atoms with Gasteiger partial charge in [0.05, 0.1) is 0 Å². The third kappa shape index (κ3) is 4.95. The maximum atomic E-state index is 13.4. The number of halogens is 22. The van der Waals surface area contributed by atoms with Crippen LogP contribution in [-0.2, 0) is 8.85 Å². The van der Waals surface area contributed by atoms with E-state index in [2.05, 4.69) is 0 Å². The molecule has 2 nitrogen and oxygen atoms in total. The molecule has 206 valence electrons. The average Bonchev–Trinajstić information content (AvgIpc) is 2.48. The van der Waals surface area contributed by atoms with Crippen LogP contribution in [-0.4, -0.2) is 62.5 Å². The number of hydrogen-bond donors (Lipinski definition) is 0. The zero-order valence-electron chi connectivity index (χ0n) is 14.1. The third-order valence-electron chi connectivity index (χ3n) is 3.18. The van der Waals surface area contributed by atoms with E-state index in [4.69, 9.17) is 0 Å². The van der Waals surface area contributed by atoms with Crippen LogP contribution in [0.5, 0.6) is 0 Å². The molecule has 0 rings (SSSR count). The van der Waals surface area contributed by atoms with Gasteiger partial charge in [0.1, 0.15) is 0 Å². The molecular formula is C9F22O2Si. The van der Waals surface area contributed by atoms with E-state index in [0.29, 0.717) is 0 Å². The maximum absolute atomic E-state index is 13.4. The summed E-state index contributed by atoms with van der Waals surface area (Å²) in [5.41, 5.74) is -8.46. The Hall–Kier alpha value is -1.40. The summed E-state index contributed by atoms with van der Waals surface area (Å²) in [4.78, 5) is 0. The Balaban J connectivity index is 7.29. The van der Waals surface area contributed by atoms with E-state index in [0.717, 1.165) is 4.43 Å². The SMILES string of the molecule is FC(F)(F)O[Si](OC(F)(F)C(F)(F)C(F)(F)C(F)(F)C(F)(F)F)(C(F)(F)F)C(F)(F)C(F)(F)F. The molecule has 0 aromatic heterocycles. The molecule has 0 saturated heterocycles. The van der Waals surface area contributed by atoms with Gasteiger partial charge in [0.2, 0.25) is 0 Å². The summed E-state index contributed by atoms with van der Waals surface area (Å²) >= 11 is 0.